The lowest BCUT2D eigenvalue weighted by Crippen LogP contribution is -2.29. The molecule has 4 nitrogen and oxygen atoms in total. The Morgan fingerprint density at radius 1 is 1.71 bits per heavy atom. The third kappa shape index (κ3) is 2.73. The zero-order valence-corrected chi connectivity index (χ0v) is 9.26. The van der Waals surface area contributed by atoms with Gasteiger partial charge in [-0.1, -0.05) is 11.4 Å². The summed E-state index contributed by atoms with van der Waals surface area (Å²) in [6.45, 7) is 7.72. The Morgan fingerprint density at radius 3 is 3.43 bits per heavy atom. The van der Waals surface area contributed by atoms with Crippen molar-refractivity contribution in [2.24, 2.45) is 5.92 Å². The molecule has 1 aromatic rings. The molecule has 0 spiro atoms. The van der Waals surface area contributed by atoms with Gasteiger partial charge in [0.15, 0.2) is 0 Å². The maximum absolute atomic E-state index is 4.07. The molecule has 1 unspecified atom stereocenters. The van der Waals surface area contributed by atoms with Gasteiger partial charge in [-0.05, 0) is 24.0 Å². The van der Waals surface area contributed by atoms with E-state index in [9.17, 15) is 0 Å². The summed E-state index contributed by atoms with van der Waals surface area (Å²) in [6.07, 6.45) is 0. The number of nitrogens with one attached hydrogen (secondary N) is 1. The molecular weight excluding hydrogens is 196 g/mol. The number of hydrogen-bond acceptors (Lipinski definition) is 5. The maximum Gasteiger partial charge on any atom is 0.0895 e. The van der Waals surface area contributed by atoms with E-state index in [1.807, 2.05) is 5.38 Å². The highest BCUT2D eigenvalue weighted by molar-refractivity contribution is 7.03. The second kappa shape index (κ2) is 4.82. The van der Waals surface area contributed by atoms with Gasteiger partial charge in [0, 0.05) is 31.6 Å². The van der Waals surface area contributed by atoms with Gasteiger partial charge in [-0.3, -0.25) is 4.90 Å². The highest BCUT2D eigenvalue weighted by Crippen LogP contribution is 2.07. The number of rotatable bonds is 2. The van der Waals surface area contributed by atoms with Crippen molar-refractivity contribution in [3.63, 3.8) is 0 Å². The lowest BCUT2D eigenvalue weighted by atomic mass is 10.2. The summed E-state index contributed by atoms with van der Waals surface area (Å²) in [5, 5.41) is 9.53. The van der Waals surface area contributed by atoms with E-state index in [-0.39, 0.29) is 0 Å². The Hall–Kier alpha value is -0.520. The fourth-order valence-electron chi connectivity index (χ4n) is 1.81. The molecule has 5 heteroatoms. The first-order valence-electron chi connectivity index (χ1n) is 5.03. The van der Waals surface area contributed by atoms with Crippen LogP contribution in [0.5, 0.6) is 0 Å². The van der Waals surface area contributed by atoms with Gasteiger partial charge in [0.1, 0.15) is 0 Å². The number of hydrogen-bond donors (Lipinski definition) is 1. The lowest BCUT2D eigenvalue weighted by Gasteiger charge is -2.20. The van der Waals surface area contributed by atoms with Crippen LogP contribution in [0.1, 0.15) is 12.6 Å². The Morgan fingerprint density at radius 2 is 2.64 bits per heavy atom. The second-order valence-corrected chi connectivity index (χ2v) is 4.55. The van der Waals surface area contributed by atoms with Crippen molar-refractivity contribution < 1.29 is 0 Å². The van der Waals surface area contributed by atoms with Crippen LogP contribution in [-0.2, 0) is 6.54 Å². The molecule has 1 atom stereocenters. The molecule has 0 aromatic carbocycles. The maximum atomic E-state index is 4.07. The molecule has 1 N–H and O–H groups in total. The third-order valence-corrected chi connectivity index (χ3v) is 3.01. The van der Waals surface area contributed by atoms with Crippen LogP contribution in [0.3, 0.4) is 0 Å². The smallest absolute Gasteiger partial charge is 0.0895 e. The zero-order valence-electron chi connectivity index (χ0n) is 8.44. The fourth-order valence-corrected chi connectivity index (χ4v) is 2.25. The summed E-state index contributed by atoms with van der Waals surface area (Å²) in [5.41, 5.74) is 1.10. The molecule has 0 amide bonds. The summed E-state index contributed by atoms with van der Waals surface area (Å²) in [4.78, 5) is 2.45. The molecule has 0 aliphatic carbocycles. The zero-order chi connectivity index (χ0) is 9.80. The van der Waals surface area contributed by atoms with Gasteiger partial charge in [0.05, 0.1) is 5.69 Å². The molecule has 1 aliphatic heterocycles. The highest BCUT2D eigenvalue weighted by atomic mass is 32.1. The van der Waals surface area contributed by atoms with E-state index in [0.29, 0.717) is 0 Å². The molecule has 1 aliphatic rings. The van der Waals surface area contributed by atoms with Crippen LogP contribution in [0.15, 0.2) is 5.38 Å². The van der Waals surface area contributed by atoms with Crippen molar-refractivity contribution in [3.05, 3.63) is 11.1 Å². The van der Waals surface area contributed by atoms with Crippen molar-refractivity contribution in [1.82, 2.24) is 19.8 Å². The van der Waals surface area contributed by atoms with Gasteiger partial charge >= 0.3 is 0 Å². The first-order chi connectivity index (χ1) is 6.84. The normalized spacial score (nSPS) is 24.8. The fraction of sp³-hybridized carbons (Fsp3) is 0.778. The van der Waals surface area contributed by atoms with Crippen molar-refractivity contribution in [3.8, 4) is 0 Å². The molecule has 2 heterocycles. The Balaban J connectivity index is 1.90. The van der Waals surface area contributed by atoms with E-state index in [2.05, 4.69) is 26.7 Å². The highest BCUT2D eigenvalue weighted by Gasteiger charge is 2.14. The molecule has 1 fully saturated rings. The SMILES string of the molecule is CC1CNCCN(Cc2csnn2)C1. The van der Waals surface area contributed by atoms with Crippen LogP contribution >= 0.6 is 11.5 Å². The molecule has 1 saturated heterocycles. The molecule has 0 bridgehead atoms. The molecule has 78 valence electrons. The van der Waals surface area contributed by atoms with E-state index in [4.69, 9.17) is 0 Å². The molecule has 0 radical (unpaired) electrons. The van der Waals surface area contributed by atoms with E-state index in [1.54, 1.807) is 0 Å². The van der Waals surface area contributed by atoms with Gasteiger partial charge < -0.3 is 5.32 Å². The van der Waals surface area contributed by atoms with E-state index < -0.39 is 0 Å². The van der Waals surface area contributed by atoms with Gasteiger partial charge in [-0.25, -0.2) is 0 Å². The standard InChI is InChI=1S/C9H16N4S/c1-8-4-10-2-3-13(5-8)6-9-7-14-12-11-9/h7-8,10H,2-6H2,1H3. The first kappa shape index (κ1) is 10.0. The largest absolute Gasteiger partial charge is 0.315 e. The van der Waals surface area contributed by atoms with Crippen molar-refractivity contribution in [2.45, 2.75) is 13.5 Å². The van der Waals surface area contributed by atoms with Crippen LogP contribution in [0.4, 0.5) is 0 Å². The van der Waals surface area contributed by atoms with Crippen LogP contribution in [0, 0.1) is 5.92 Å². The summed E-state index contributed by atoms with van der Waals surface area (Å²) in [7, 11) is 0. The topological polar surface area (TPSA) is 41.0 Å². The van der Waals surface area contributed by atoms with Gasteiger partial charge in [0.2, 0.25) is 0 Å². The molecule has 0 saturated carbocycles. The number of aromatic nitrogens is 2. The third-order valence-electron chi connectivity index (χ3n) is 2.46. The predicted molar refractivity (Wildman–Crippen MR) is 57.2 cm³/mol. The quantitative estimate of drug-likeness (QED) is 0.778. The molecule has 14 heavy (non-hydrogen) atoms. The van der Waals surface area contributed by atoms with Gasteiger partial charge in [0.25, 0.3) is 0 Å². The summed E-state index contributed by atoms with van der Waals surface area (Å²) >= 11 is 1.43. The van der Waals surface area contributed by atoms with Crippen LogP contribution < -0.4 is 5.32 Å². The Bertz CT molecular complexity index is 262. The summed E-state index contributed by atoms with van der Waals surface area (Å²) in [5.74, 6) is 0.726. The number of nitrogens with zero attached hydrogens (tertiary/aromatic N) is 3. The second-order valence-electron chi connectivity index (χ2n) is 3.94. The van der Waals surface area contributed by atoms with E-state index >= 15 is 0 Å². The van der Waals surface area contributed by atoms with Crippen molar-refractivity contribution in [1.29, 1.82) is 0 Å². The minimum absolute atomic E-state index is 0.726. The summed E-state index contributed by atoms with van der Waals surface area (Å²) < 4.78 is 3.88. The predicted octanol–water partition coefficient (Wildman–Crippen LogP) is 0.579. The molecular formula is C9H16N4S. The molecule has 1 aromatic heterocycles. The van der Waals surface area contributed by atoms with Gasteiger partial charge in [-0.2, -0.15) is 0 Å². The Labute approximate surface area is 88.5 Å². The monoisotopic (exact) mass is 212 g/mol. The van der Waals surface area contributed by atoms with Crippen molar-refractivity contribution in [2.75, 3.05) is 26.2 Å². The van der Waals surface area contributed by atoms with Crippen LogP contribution in [-0.4, -0.2) is 40.7 Å². The lowest BCUT2D eigenvalue weighted by molar-refractivity contribution is 0.254. The Kier molecular flexibility index (Phi) is 3.44. The van der Waals surface area contributed by atoms with Crippen LogP contribution in [0.25, 0.3) is 0 Å². The summed E-state index contributed by atoms with van der Waals surface area (Å²) in [6, 6.07) is 0. The average Bonchev–Trinajstić information content (AvgIpc) is 2.56. The van der Waals surface area contributed by atoms with E-state index in [1.165, 1.54) is 11.5 Å². The minimum Gasteiger partial charge on any atom is -0.315 e. The van der Waals surface area contributed by atoms with E-state index in [0.717, 1.165) is 44.3 Å². The molecule has 2 rings (SSSR count). The van der Waals surface area contributed by atoms with Gasteiger partial charge in [-0.15, -0.1) is 5.10 Å². The van der Waals surface area contributed by atoms with Crippen molar-refractivity contribution >= 4 is 11.5 Å². The average molecular weight is 212 g/mol. The first-order valence-corrected chi connectivity index (χ1v) is 5.87. The minimum atomic E-state index is 0.726. The van der Waals surface area contributed by atoms with Crippen LogP contribution in [0.2, 0.25) is 0 Å².